The zero-order valence-corrected chi connectivity index (χ0v) is 7.72. The Balaban J connectivity index is 3.22. The molecule has 1 aromatic rings. The maximum absolute atomic E-state index is 12.4. The van der Waals surface area contributed by atoms with Gasteiger partial charge in [-0.1, -0.05) is 12.3 Å². The van der Waals surface area contributed by atoms with Crippen LogP contribution in [0.3, 0.4) is 0 Å². The number of methoxy groups -OCH3 is 1. The van der Waals surface area contributed by atoms with Crippen LogP contribution in [-0.2, 0) is 6.18 Å². The summed E-state index contributed by atoms with van der Waals surface area (Å²) in [5, 5.41) is 0. The largest absolute Gasteiger partial charge is 0.481 e. The molecular formula is C8H8BF3NO. The number of alkyl halides is 3. The van der Waals surface area contributed by atoms with E-state index in [1.807, 2.05) is 0 Å². The van der Waals surface area contributed by atoms with Crippen LogP contribution in [0.4, 0.5) is 13.2 Å². The summed E-state index contributed by atoms with van der Waals surface area (Å²) < 4.78 is 41.8. The highest BCUT2D eigenvalue weighted by molar-refractivity contribution is 6.51. The smallest absolute Gasteiger partial charge is 0.421 e. The molecule has 0 unspecified atom stereocenters. The second-order valence-corrected chi connectivity index (χ2v) is 2.61. The van der Waals surface area contributed by atoms with Gasteiger partial charge in [-0.2, -0.15) is 13.2 Å². The van der Waals surface area contributed by atoms with Crippen molar-refractivity contribution in [2.24, 2.45) is 0 Å². The highest BCUT2D eigenvalue weighted by atomic mass is 19.4. The molecule has 1 aromatic heterocycles. The first kappa shape index (κ1) is 10.9. The van der Waals surface area contributed by atoms with Crippen molar-refractivity contribution in [1.29, 1.82) is 0 Å². The van der Waals surface area contributed by atoms with E-state index in [9.17, 15) is 13.2 Å². The van der Waals surface area contributed by atoms with Crippen LogP contribution in [-0.4, -0.2) is 19.4 Å². The Morgan fingerprint density at radius 3 is 2.50 bits per heavy atom. The minimum absolute atomic E-state index is 0.400. The van der Waals surface area contributed by atoms with Crippen LogP contribution in [0.5, 0.6) is 5.88 Å². The van der Waals surface area contributed by atoms with Crippen LogP contribution in [0.2, 0.25) is 6.82 Å². The summed E-state index contributed by atoms with van der Waals surface area (Å²) in [6.07, 6.45) is -3.11. The molecule has 0 fully saturated rings. The van der Waals surface area contributed by atoms with Gasteiger partial charge in [0, 0.05) is 6.20 Å². The van der Waals surface area contributed by atoms with Gasteiger partial charge < -0.3 is 4.74 Å². The molecule has 0 bridgehead atoms. The lowest BCUT2D eigenvalue weighted by Crippen LogP contribution is -2.18. The first-order valence-corrected chi connectivity index (χ1v) is 3.89. The minimum Gasteiger partial charge on any atom is -0.481 e. The molecule has 0 aliphatic carbocycles. The Bertz CT molecular complexity index is 327. The zero-order chi connectivity index (χ0) is 10.8. The zero-order valence-electron chi connectivity index (χ0n) is 7.72. The van der Waals surface area contributed by atoms with Crippen LogP contribution in [0.15, 0.2) is 12.3 Å². The molecule has 0 saturated carbocycles. The topological polar surface area (TPSA) is 22.1 Å². The molecule has 0 atom stereocenters. The molecule has 0 aliphatic rings. The lowest BCUT2D eigenvalue weighted by molar-refractivity contribution is -0.139. The van der Waals surface area contributed by atoms with Gasteiger partial charge in [0.05, 0.1) is 7.11 Å². The summed E-state index contributed by atoms with van der Waals surface area (Å²) in [5.74, 6) is -0.400. The second-order valence-electron chi connectivity index (χ2n) is 2.61. The van der Waals surface area contributed by atoms with E-state index in [0.29, 0.717) is 5.46 Å². The maximum Gasteiger partial charge on any atom is 0.421 e. The molecule has 6 heteroatoms. The average molecular weight is 202 g/mol. The van der Waals surface area contributed by atoms with Gasteiger partial charge >= 0.3 is 6.18 Å². The molecule has 1 rings (SSSR count). The van der Waals surface area contributed by atoms with Crippen molar-refractivity contribution >= 4 is 12.7 Å². The number of ether oxygens (including phenoxy) is 1. The SMILES string of the molecule is C[B]c1cnc(OC)c(C(F)(F)F)c1. The second kappa shape index (κ2) is 3.90. The van der Waals surface area contributed by atoms with Gasteiger partial charge in [-0.3, -0.25) is 0 Å². The number of aromatic nitrogens is 1. The van der Waals surface area contributed by atoms with Crippen LogP contribution in [0.25, 0.3) is 0 Å². The van der Waals surface area contributed by atoms with Crippen molar-refractivity contribution in [3.63, 3.8) is 0 Å². The Hall–Kier alpha value is -1.20. The molecule has 14 heavy (non-hydrogen) atoms. The van der Waals surface area contributed by atoms with E-state index < -0.39 is 17.6 Å². The molecule has 1 radical (unpaired) electrons. The third-order valence-corrected chi connectivity index (χ3v) is 1.70. The van der Waals surface area contributed by atoms with Gasteiger partial charge in [-0.05, 0) is 6.07 Å². The van der Waals surface area contributed by atoms with Crippen LogP contribution in [0, 0.1) is 0 Å². The molecular weight excluding hydrogens is 194 g/mol. The van der Waals surface area contributed by atoms with Crippen molar-refractivity contribution in [2.45, 2.75) is 13.0 Å². The number of hydrogen-bond donors (Lipinski definition) is 0. The fourth-order valence-electron chi connectivity index (χ4n) is 0.992. The van der Waals surface area contributed by atoms with E-state index in [4.69, 9.17) is 0 Å². The lowest BCUT2D eigenvalue weighted by atomic mass is 9.74. The minimum atomic E-state index is -4.43. The number of pyridine rings is 1. The average Bonchev–Trinajstić information content (AvgIpc) is 2.15. The summed E-state index contributed by atoms with van der Waals surface area (Å²) in [7, 11) is 2.70. The third kappa shape index (κ3) is 2.18. The Morgan fingerprint density at radius 2 is 2.07 bits per heavy atom. The van der Waals surface area contributed by atoms with Gasteiger partial charge in [0.25, 0.3) is 0 Å². The molecule has 1 heterocycles. The predicted molar refractivity (Wildman–Crippen MR) is 47.0 cm³/mol. The molecule has 75 valence electrons. The molecule has 2 nitrogen and oxygen atoms in total. The Kier molecular flexibility index (Phi) is 3.03. The molecule has 0 spiro atoms. The predicted octanol–water partition coefficient (Wildman–Crippen LogP) is 1.49. The van der Waals surface area contributed by atoms with Crippen LogP contribution >= 0.6 is 0 Å². The van der Waals surface area contributed by atoms with Crippen molar-refractivity contribution in [3.05, 3.63) is 17.8 Å². The standard InChI is InChI=1S/C8H8BF3NO/c1-9-5-3-6(8(10,11)12)7(14-2)13-4-5/h3-4H,1-2H3. The number of halogens is 3. The van der Waals surface area contributed by atoms with E-state index in [1.54, 1.807) is 14.1 Å². The summed E-state index contributed by atoms with van der Waals surface area (Å²) in [5.41, 5.74) is -0.436. The van der Waals surface area contributed by atoms with E-state index in [-0.39, 0.29) is 0 Å². The van der Waals surface area contributed by atoms with Crippen molar-refractivity contribution < 1.29 is 17.9 Å². The highest BCUT2D eigenvalue weighted by Crippen LogP contribution is 2.33. The van der Waals surface area contributed by atoms with Crippen LogP contribution in [0.1, 0.15) is 5.56 Å². The fourth-order valence-corrected chi connectivity index (χ4v) is 0.992. The first-order chi connectivity index (χ1) is 6.49. The molecule has 0 aromatic carbocycles. The Morgan fingerprint density at radius 1 is 1.43 bits per heavy atom. The van der Waals surface area contributed by atoms with Gasteiger partial charge in [0.15, 0.2) is 0 Å². The van der Waals surface area contributed by atoms with E-state index >= 15 is 0 Å². The van der Waals surface area contributed by atoms with Gasteiger partial charge in [-0.15, -0.1) is 0 Å². The van der Waals surface area contributed by atoms with E-state index in [0.717, 1.165) is 13.2 Å². The van der Waals surface area contributed by atoms with E-state index in [1.165, 1.54) is 6.20 Å². The summed E-state index contributed by atoms with van der Waals surface area (Å²) in [6, 6.07) is 1.01. The van der Waals surface area contributed by atoms with Crippen molar-refractivity contribution in [2.75, 3.05) is 7.11 Å². The van der Waals surface area contributed by atoms with Crippen molar-refractivity contribution in [3.8, 4) is 5.88 Å². The maximum atomic E-state index is 12.4. The van der Waals surface area contributed by atoms with Crippen LogP contribution < -0.4 is 10.2 Å². The molecule has 0 N–H and O–H groups in total. The van der Waals surface area contributed by atoms with Gasteiger partial charge in [0.2, 0.25) is 5.88 Å². The molecule has 0 amide bonds. The summed E-state index contributed by atoms with van der Waals surface area (Å²) >= 11 is 0. The fraction of sp³-hybridized carbons (Fsp3) is 0.375. The third-order valence-electron chi connectivity index (χ3n) is 1.70. The van der Waals surface area contributed by atoms with E-state index in [2.05, 4.69) is 9.72 Å². The van der Waals surface area contributed by atoms with Crippen molar-refractivity contribution in [1.82, 2.24) is 4.98 Å². The highest BCUT2D eigenvalue weighted by Gasteiger charge is 2.35. The normalized spacial score (nSPS) is 11.2. The number of nitrogens with zero attached hydrogens (tertiary/aromatic N) is 1. The van der Waals surface area contributed by atoms with Gasteiger partial charge in [0.1, 0.15) is 12.8 Å². The number of hydrogen-bond acceptors (Lipinski definition) is 2. The monoisotopic (exact) mass is 202 g/mol. The lowest BCUT2D eigenvalue weighted by Gasteiger charge is -2.11. The molecule has 0 saturated heterocycles. The summed E-state index contributed by atoms with van der Waals surface area (Å²) in [4.78, 5) is 3.56. The summed E-state index contributed by atoms with van der Waals surface area (Å²) in [6.45, 7) is 1.64. The first-order valence-electron chi connectivity index (χ1n) is 3.89. The Labute approximate surface area is 80.3 Å². The quantitative estimate of drug-likeness (QED) is 0.677. The van der Waals surface area contributed by atoms with Gasteiger partial charge in [-0.25, -0.2) is 4.98 Å². The number of rotatable bonds is 2. The molecule has 0 aliphatic heterocycles.